The number of ether oxygens (including phenoxy) is 2. The highest BCUT2D eigenvalue weighted by Gasteiger charge is 2.44. The standard InChI is InChI=1S/C27H31FN2O4/c1-18(2)15-27(32)12-13-30(16-25(27)34-21-10-8-20(28)9-11-21)26(31)17-33-24-14-19(3)29-23-7-5-4-6-22(23)24/h4-11,14,18,25,32H,12-13,15-17H2,1-3H3/t25-,27+/m0/s1. The Kier molecular flexibility index (Phi) is 7.03. The number of fused-ring (bicyclic) bond motifs is 1. The highest BCUT2D eigenvalue weighted by atomic mass is 19.1. The molecule has 1 aliphatic rings. The number of para-hydroxylation sites is 1. The molecule has 1 aliphatic heterocycles. The summed E-state index contributed by atoms with van der Waals surface area (Å²) in [4.78, 5) is 19.2. The molecule has 0 bridgehead atoms. The third-order valence-electron chi connectivity index (χ3n) is 6.16. The van der Waals surface area contributed by atoms with Crippen LogP contribution in [0.25, 0.3) is 10.9 Å². The van der Waals surface area contributed by atoms with E-state index in [2.05, 4.69) is 4.98 Å². The topological polar surface area (TPSA) is 71.9 Å². The number of aryl methyl sites for hydroxylation is 1. The average molecular weight is 467 g/mol. The Labute approximate surface area is 199 Å². The van der Waals surface area contributed by atoms with Crippen molar-refractivity contribution in [3.8, 4) is 11.5 Å². The van der Waals surface area contributed by atoms with Crippen molar-refractivity contribution in [2.75, 3.05) is 19.7 Å². The first-order chi connectivity index (χ1) is 16.2. The van der Waals surface area contributed by atoms with Gasteiger partial charge in [-0.05, 0) is 62.1 Å². The monoisotopic (exact) mass is 466 g/mol. The Hall–Kier alpha value is -3.19. The summed E-state index contributed by atoms with van der Waals surface area (Å²) >= 11 is 0. The molecule has 6 nitrogen and oxygen atoms in total. The summed E-state index contributed by atoms with van der Waals surface area (Å²) in [6.45, 7) is 6.47. The molecule has 4 rings (SSSR count). The van der Waals surface area contributed by atoms with Gasteiger partial charge >= 0.3 is 0 Å². The van der Waals surface area contributed by atoms with Gasteiger partial charge in [-0.1, -0.05) is 26.0 Å². The van der Waals surface area contributed by atoms with Crippen LogP contribution >= 0.6 is 0 Å². The number of halogens is 1. The average Bonchev–Trinajstić information content (AvgIpc) is 2.79. The number of rotatable bonds is 7. The number of benzene rings is 2. The van der Waals surface area contributed by atoms with Gasteiger partial charge in [-0.15, -0.1) is 0 Å². The van der Waals surface area contributed by atoms with Gasteiger partial charge in [-0.2, -0.15) is 0 Å². The molecule has 2 heterocycles. The molecule has 0 radical (unpaired) electrons. The van der Waals surface area contributed by atoms with Crippen molar-refractivity contribution in [3.05, 3.63) is 66.1 Å². The van der Waals surface area contributed by atoms with Crippen molar-refractivity contribution in [2.24, 2.45) is 5.92 Å². The van der Waals surface area contributed by atoms with E-state index in [1.165, 1.54) is 24.3 Å². The van der Waals surface area contributed by atoms with E-state index in [0.717, 1.165) is 16.6 Å². The number of amides is 1. The van der Waals surface area contributed by atoms with Gasteiger partial charge in [-0.3, -0.25) is 9.78 Å². The van der Waals surface area contributed by atoms with E-state index >= 15 is 0 Å². The molecular weight excluding hydrogens is 435 g/mol. The zero-order valence-electron chi connectivity index (χ0n) is 19.8. The summed E-state index contributed by atoms with van der Waals surface area (Å²) in [5.74, 6) is 0.777. The van der Waals surface area contributed by atoms with Gasteiger partial charge in [0.15, 0.2) is 6.61 Å². The van der Waals surface area contributed by atoms with Crippen LogP contribution < -0.4 is 9.47 Å². The first-order valence-electron chi connectivity index (χ1n) is 11.6. The van der Waals surface area contributed by atoms with Crippen LogP contribution in [0.15, 0.2) is 54.6 Å². The number of likely N-dealkylation sites (tertiary alicyclic amines) is 1. The molecule has 1 amide bonds. The molecule has 1 aromatic heterocycles. The fourth-order valence-electron chi connectivity index (χ4n) is 4.56. The lowest BCUT2D eigenvalue weighted by Gasteiger charge is -2.45. The zero-order valence-corrected chi connectivity index (χ0v) is 19.8. The maximum atomic E-state index is 13.3. The lowest BCUT2D eigenvalue weighted by atomic mass is 9.81. The lowest BCUT2D eigenvalue weighted by molar-refractivity contribution is -0.150. The van der Waals surface area contributed by atoms with Gasteiger partial charge in [0.1, 0.15) is 29.0 Å². The van der Waals surface area contributed by atoms with E-state index in [-0.39, 0.29) is 30.8 Å². The minimum absolute atomic E-state index is 0.126. The van der Waals surface area contributed by atoms with Gasteiger partial charge in [0.05, 0.1) is 12.1 Å². The number of aliphatic hydroxyl groups is 1. The Morgan fingerprint density at radius 3 is 2.71 bits per heavy atom. The molecule has 2 atom stereocenters. The second kappa shape index (κ2) is 9.97. The number of pyridine rings is 1. The molecule has 34 heavy (non-hydrogen) atoms. The minimum atomic E-state index is -1.08. The molecule has 0 saturated carbocycles. The van der Waals surface area contributed by atoms with E-state index in [1.807, 2.05) is 51.1 Å². The van der Waals surface area contributed by atoms with Gasteiger partial charge < -0.3 is 19.5 Å². The van der Waals surface area contributed by atoms with Gasteiger partial charge in [0, 0.05) is 23.7 Å². The Morgan fingerprint density at radius 2 is 1.97 bits per heavy atom. The van der Waals surface area contributed by atoms with Crippen LogP contribution in [0.2, 0.25) is 0 Å². The summed E-state index contributed by atoms with van der Waals surface area (Å²) in [5.41, 5.74) is 0.540. The number of aromatic nitrogens is 1. The second-order valence-corrected chi connectivity index (χ2v) is 9.42. The third kappa shape index (κ3) is 5.47. The van der Waals surface area contributed by atoms with Crippen LogP contribution in [0.5, 0.6) is 11.5 Å². The van der Waals surface area contributed by atoms with E-state index < -0.39 is 11.7 Å². The van der Waals surface area contributed by atoms with Crippen molar-refractivity contribution in [3.63, 3.8) is 0 Å². The molecule has 7 heteroatoms. The quantitative estimate of drug-likeness (QED) is 0.554. The molecule has 0 unspecified atom stereocenters. The fourth-order valence-corrected chi connectivity index (χ4v) is 4.56. The van der Waals surface area contributed by atoms with Crippen molar-refractivity contribution < 1.29 is 23.8 Å². The van der Waals surface area contributed by atoms with Gasteiger partial charge in [-0.25, -0.2) is 4.39 Å². The molecular formula is C27H31FN2O4. The summed E-state index contributed by atoms with van der Waals surface area (Å²) in [7, 11) is 0. The van der Waals surface area contributed by atoms with Crippen LogP contribution in [-0.2, 0) is 4.79 Å². The van der Waals surface area contributed by atoms with E-state index in [1.54, 1.807) is 4.90 Å². The maximum Gasteiger partial charge on any atom is 0.260 e. The number of nitrogens with zero attached hydrogens (tertiary/aromatic N) is 2. The van der Waals surface area contributed by atoms with Crippen LogP contribution in [0.1, 0.15) is 32.4 Å². The second-order valence-electron chi connectivity index (χ2n) is 9.42. The number of hydrogen-bond acceptors (Lipinski definition) is 5. The number of hydrogen-bond donors (Lipinski definition) is 1. The van der Waals surface area contributed by atoms with Crippen LogP contribution in [0.4, 0.5) is 4.39 Å². The Morgan fingerprint density at radius 1 is 1.24 bits per heavy atom. The van der Waals surface area contributed by atoms with Crippen molar-refractivity contribution in [1.82, 2.24) is 9.88 Å². The summed E-state index contributed by atoms with van der Waals surface area (Å²) in [6.07, 6.45) is 0.293. The lowest BCUT2D eigenvalue weighted by Crippen LogP contribution is -2.60. The highest BCUT2D eigenvalue weighted by molar-refractivity contribution is 5.86. The summed E-state index contributed by atoms with van der Waals surface area (Å²) < 4.78 is 25.3. The molecule has 180 valence electrons. The minimum Gasteiger partial charge on any atom is -0.486 e. The number of carbonyl (C=O) groups excluding carboxylic acids is 1. The van der Waals surface area contributed by atoms with E-state index in [0.29, 0.717) is 30.9 Å². The molecule has 1 fully saturated rings. The summed E-state index contributed by atoms with van der Waals surface area (Å²) in [6, 6.07) is 15.2. The zero-order chi connectivity index (χ0) is 24.3. The van der Waals surface area contributed by atoms with Gasteiger partial charge in [0.2, 0.25) is 0 Å². The first kappa shape index (κ1) is 24.0. The maximum absolute atomic E-state index is 13.3. The molecule has 1 N–H and O–H groups in total. The van der Waals surface area contributed by atoms with E-state index in [9.17, 15) is 14.3 Å². The fraction of sp³-hybridized carbons (Fsp3) is 0.407. The number of piperidine rings is 1. The Bertz CT molecular complexity index is 1150. The smallest absolute Gasteiger partial charge is 0.260 e. The van der Waals surface area contributed by atoms with Crippen molar-refractivity contribution in [2.45, 2.75) is 45.3 Å². The van der Waals surface area contributed by atoms with Crippen LogP contribution in [-0.4, -0.2) is 52.3 Å². The molecule has 0 spiro atoms. The highest BCUT2D eigenvalue weighted by Crippen LogP contribution is 2.33. The molecule has 0 aliphatic carbocycles. The predicted octanol–water partition coefficient (Wildman–Crippen LogP) is 4.52. The van der Waals surface area contributed by atoms with Crippen molar-refractivity contribution in [1.29, 1.82) is 0 Å². The predicted molar refractivity (Wildman–Crippen MR) is 128 cm³/mol. The summed E-state index contributed by atoms with van der Waals surface area (Å²) in [5, 5.41) is 12.2. The van der Waals surface area contributed by atoms with Crippen LogP contribution in [0.3, 0.4) is 0 Å². The first-order valence-corrected chi connectivity index (χ1v) is 11.6. The number of carbonyl (C=O) groups is 1. The normalized spacial score (nSPS) is 20.5. The SMILES string of the molecule is Cc1cc(OCC(=O)N2CC[C@@](O)(CC(C)C)[C@@H](Oc3ccc(F)cc3)C2)c2ccccc2n1. The van der Waals surface area contributed by atoms with Gasteiger partial charge in [0.25, 0.3) is 5.91 Å². The van der Waals surface area contributed by atoms with Crippen LogP contribution in [0, 0.1) is 18.7 Å². The molecule has 3 aromatic rings. The largest absolute Gasteiger partial charge is 0.486 e. The molecule has 1 saturated heterocycles. The van der Waals surface area contributed by atoms with Crippen molar-refractivity contribution >= 4 is 16.8 Å². The third-order valence-corrected chi connectivity index (χ3v) is 6.16. The molecule has 2 aromatic carbocycles. The van der Waals surface area contributed by atoms with E-state index in [4.69, 9.17) is 9.47 Å². The Balaban J connectivity index is 1.47.